The van der Waals surface area contributed by atoms with Crippen molar-refractivity contribution >= 4 is 5.65 Å². The molecule has 0 aliphatic heterocycles. The predicted molar refractivity (Wildman–Crippen MR) is 57.5 cm³/mol. The van der Waals surface area contributed by atoms with Crippen molar-refractivity contribution < 1.29 is 0 Å². The Balaban J connectivity index is 2.18. The summed E-state index contributed by atoms with van der Waals surface area (Å²) in [4.78, 5) is 4.44. The van der Waals surface area contributed by atoms with Gasteiger partial charge in [0.1, 0.15) is 0 Å². The van der Waals surface area contributed by atoms with E-state index in [0.29, 0.717) is 0 Å². The molecule has 1 fully saturated rings. The Morgan fingerprint density at radius 3 is 2.93 bits per heavy atom. The van der Waals surface area contributed by atoms with Crippen LogP contribution in [0.4, 0.5) is 0 Å². The second-order valence-corrected chi connectivity index (χ2v) is 4.30. The van der Waals surface area contributed by atoms with Gasteiger partial charge in [-0.15, -0.1) is 0 Å². The lowest BCUT2D eigenvalue weighted by atomic mass is 10.1. The number of nitrogens with zero attached hydrogens (tertiary/aromatic N) is 3. The van der Waals surface area contributed by atoms with Crippen molar-refractivity contribution in [3.63, 3.8) is 0 Å². The van der Waals surface area contributed by atoms with Gasteiger partial charge in [0.05, 0.1) is 6.20 Å². The maximum atomic E-state index is 6.16. The molecule has 0 bridgehead atoms. The third kappa shape index (κ3) is 1.25. The van der Waals surface area contributed by atoms with Crippen LogP contribution in [-0.2, 0) is 12.0 Å². The van der Waals surface area contributed by atoms with Crippen molar-refractivity contribution in [3.05, 3.63) is 29.7 Å². The first-order valence-electron chi connectivity index (χ1n) is 5.34. The first kappa shape index (κ1) is 8.85. The van der Waals surface area contributed by atoms with E-state index in [-0.39, 0.29) is 5.54 Å². The number of hydrogen-bond donors (Lipinski definition) is 1. The second-order valence-electron chi connectivity index (χ2n) is 4.30. The van der Waals surface area contributed by atoms with Gasteiger partial charge in [0.2, 0.25) is 0 Å². The fourth-order valence-corrected chi connectivity index (χ4v) is 1.85. The Kier molecular flexibility index (Phi) is 1.65. The molecule has 0 saturated heterocycles. The summed E-state index contributed by atoms with van der Waals surface area (Å²) in [6.07, 6.45) is 8.86. The van der Waals surface area contributed by atoms with Crippen LogP contribution in [0.2, 0.25) is 0 Å². The van der Waals surface area contributed by atoms with Crippen LogP contribution in [0.15, 0.2) is 18.6 Å². The number of fused-ring (bicyclic) bond motifs is 1. The molecule has 3 rings (SSSR count). The molecule has 2 aromatic rings. The lowest BCUT2D eigenvalue weighted by Crippen LogP contribution is -2.18. The van der Waals surface area contributed by atoms with Gasteiger partial charge in [-0.1, -0.05) is 6.92 Å². The van der Waals surface area contributed by atoms with Crippen LogP contribution < -0.4 is 5.73 Å². The zero-order chi connectivity index (χ0) is 10.5. The zero-order valence-electron chi connectivity index (χ0n) is 8.77. The number of hydrogen-bond acceptors (Lipinski definition) is 3. The first-order chi connectivity index (χ1) is 7.23. The normalized spacial score (nSPS) is 18.3. The third-order valence-electron chi connectivity index (χ3n) is 3.14. The summed E-state index contributed by atoms with van der Waals surface area (Å²) in [5, 5.41) is 4.31. The van der Waals surface area contributed by atoms with Gasteiger partial charge in [0, 0.05) is 23.5 Å². The van der Waals surface area contributed by atoms with Crippen LogP contribution in [-0.4, -0.2) is 14.6 Å². The Labute approximate surface area is 88.1 Å². The van der Waals surface area contributed by atoms with Gasteiger partial charge in [0.25, 0.3) is 0 Å². The summed E-state index contributed by atoms with van der Waals surface area (Å²) in [6.45, 7) is 2.11. The van der Waals surface area contributed by atoms with Gasteiger partial charge in [-0.2, -0.15) is 5.10 Å². The molecular formula is C11H14N4. The molecule has 2 N–H and O–H groups in total. The van der Waals surface area contributed by atoms with E-state index in [1.165, 1.54) is 5.56 Å². The SMILES string of the molecule is CCc1cnc2c(C3(N)CC3)cnn2c1. The van der Waals surface area contributed by atoms with E-state index < -0.39 is 0 Å². The molecule has 4 nitrogen and oxygen atoms in total. The first-order valence-corrected chi connectivity index (χ1v) is 5.34. The molecule has 0 amide bonds. The minimum Gasteiger partial charge on any atom is -0.321 e. The molecule has 2 heterocycles. The fourth-order valence-electron chi connectivity index (χ4n) is 1.85. The maximum absolute atomic E-state index is 6.16. The van der Waals surface area contributed by atoms with Crippen LogP contribution >= 0.6 is 0 Å². The van der Waals surface area contributed by atoms with E-state index in [0.717, 1.165) is 30.5 Å². The average molecular weight is 202 g/mol. The smallest absolute Gasteiger partial charge is 0.159 e. The Morgan fingerprint density at radius 1 is 1.47 bits per heavy atom. The summed E-state index contributed by atoms with van der Waals surface area (Å²) >= 11 is 0. The molecule has 15 heavy (non-hydrogen) atoms. The highest BCUT2D eigenvalue weighted by atomic mass is 15.2. The zero-order valence-corrected chi connectivity index (χ0v) is 8.77. The van der Waals surface area contributed by atoms with Crippen molar-refractivity contribution in [1.82, 2.24) is 14.6 Å². The lowest BCUT2D eigenvalue weighted by molar-refractivity contribution is 0.745. The molecule has 0 radical (unpaired) electrons. The highest BCUT2D eigenvalue weighted by Crippen LogP contribution is 2.43. The topological polar surface area (TPSA) is 56.2 Å². The van der Waals surface area contributed by atoms with Crippen molar-refractivity contribution in [2.75, 3.05) is 0 Å². The van der Waals surface area contributed by atoms with Crippen molar-refractivity contribution in [1.29, 1.82) is 0 Å². The van der Waals surface area contributed by atoms with Crippen molar-refractivity contribution in [2.45, 2.75) is 31.7 Å². The molecule has 1 aliphatic carbocycles. The summed E-state index contributed by atoms with van der Waals surface area (Å²) in [5.41, 5.74) is 9.20. The van der Waals surface area contributed by atoms with Gasteiger partial charge in [-0.25, -0.2) is 9.50 Å². The summed E-state index contributed by atoms with van der Waals surface area (Å²) < 4.78 is 1.83. The Morgan fingerprint density at radius 2 is 2.27 bits per heavy atom. The lowest BCUT2D eigenvalue weighted by Gasteiger charge is -2.05. The van der Waals surface area contributed by atoms with Crippen molar-refractivity contribution in [2.24, 2.45) is 5.73 Å². The fraction of sp³-hybridized carbons (Fsp3) is 0.455. The number of nitrogens with two attached hydrogens (primary N) is 1. The minimum absolute atomic E-state index is 0.150. The van der Waals surface area contributed by atoms with E-state index in [9.17, 15) is 0 Å². The monoisotopic (exact) mass is 202 g/mol. The van der Waals surface area contributed by atoms with Crippen LogP contribution in [0.5, 0.6) is 0 Å². The minimum atomic E-state index is -0.150. The van der Waals surface area contributed by atoms with Gasteiger partial charge >= 0.3 is 0 Å². The Hall–Kier alpha value is -1.42. The predicted octanol–water partition coefficient (Wildman–Crippen LogP) is 1.24. The maximum Gasteiger partial charge on any atom is 0.159 e. The number of aryl methyl sites for hydroxylation is 1. The van der Waals surface area contributed by atoms with Crippen LogP contribution in [0.3, 0.4) is 0 Å². The second kappa shape index (κ2) is 2.79. The summed E-state index contributed by atoms with van der Waals surface area (Å²) in [5.74, 6) is 0. The van der Waals surface area contributed by atoms with E-state index in [1.54, 1.807) is 0 Å². The average Bonchev–Trinajstić information content (AvgIpc) is 2.86. The van der Waals surface area contributed by atoms with Gasteiger partial charge in [-0.3, -0.25) is 0 Å². The van der Waals surface area contributed by atoms with Gasteiger partial charge in [-0.05, 0) is 24.8 Å². The molecule has 0 unspecified atom stereocenters. The highest BCUT2D eigenvalue weighted by Gasteiger charge is 2.42. The molecule has 4 heteroatoms. The molecule has 1 aliphatic rings. The van der Waals surface area contributed by atoms with E-state index in [4.69, 9.17) is 5.73 Å². The summed E-state index contributed by atoms with van der Waals surface area (Å²) in [7, 11) is 0. The number of rotatable bonds is 2. The van der Waals surface area contributed by atoms with Crippen LogP contribution in [0.25, 0.3) is 5.65 Å². The standard InChI is InChI=1S/C11H14N4/c1-2-8-5-13-10-9(11(12)3-4-11)6-14-15(10)7-8/h5-7H,2-4,12H2,1H3. The van der Waals surface area contributed by atoms with E-state index in [1.807, 2.05) is 23.1 Å². The van der Waals surface area contributed by atoms with E-state index in [2.05, 4.69) is 17.0 Å². The number of aromatic nitrogens is 3. The molecule has 1 saturated carbocycles. The molecule has 2 aromatic heterocycles. The quantitative estimate of drug-likeness (QED) is 0.797. The largest absolute Gasteiger partial charge is 0.321 e. The van der Waals surface area contributed by atoms with E-state index >= 15 is 0 Å². The molecular weight excluding hydrogens is 188 g/mol. The van der Waals surface area contributed by atoms with Crippen molar-refractivity contribution in [3.8, 4) is 0 Å². The third-order valence-corrected chi connectivity index (χ3v) is 3.14. The highest BCUT2D eigenvalue weighted by molar-refractivity contribution is 5.52. The Bertz CT molecular complexity index is 510. The molecule has 0 spiro atoms. The molecule has 0 atom stereocenters. The van der Waals surface area contributed by atoms with Gasteiger partial charge in [0.15, 0.2) is 5.65 Å². The van der Waals surface area contributed by atoms with Crippen LogP contribution in [0, 0.1) is 0 Å². The van der Waals surface area contributed by atoms with Gasteiger partial charge < -0.3 is 5.73 Å². The molecule has 78 valence electrons. The summed E-state index contributed by atoms with van der Waals surface area (Å²) in [6, 6.07) is 0. The molecule has 0 aromatic carbocycles. The van der Waals surface area contributed by atoms with Crippen LogP contribution in [0.1, 0.15) is 30.9 Å².